The lowest BCUT2D eigenvalue weighted by Crippen LogP contribution is -2.37. The SMILES string of the molecule is Cn1ncc2c(=O)n(CC(=O)NCC(=O)Nc3ccccc3Br)cnc21. The Kier molecular flexibility index (Phi) is 5.12. The van der Waals surface area contributed by atoms with Crippen LogP contribution in [0.25, 0.3) is 11.0 Å². The molecular formula is C16H15BrN6O3. The fourth-order valence-corrected chi connectivity index (χ4v) is 2.71. The lowest BCUT2D eigenvalue weighted by Gasteiger charge is -2.09. The maximum atomic E-state index is 12.3. The third-order valence-corrected chi connectivity index (χ3v) is 4.32. The topological polar surface area (TPSA) is 111 Å². The van der Waals surface area contributed by atoms with Crippen molar-refractivity contribution < 1.29 is 9.59 Å². The largest absolute Gasteiger partial charge is 0.345 e. The van der Waals surface area contributed by atoms with Crippen LogP contribution in [0.3, 0.4) is 0 Å². The average Bonchev–Trinajstić information content (AvgIpc) is 2.99. The van der Waals surface area contributed by atoms with Crippen molar-refractivity contribution in [3.63, 3.8) is 0 Å². The highest BCUT2D eigenvalue weighted by atomic mass is 79.9. The molecule has 2 amide bonds. The van der Waals surface area contributed by atoms with Crippen LogP contribution in [-0.4, -0.2) is 37.7 Å². The molecule has 10 heteroatoms. The van der Waals surface area contributed by atoms with Crippen molar-refractivity contribution in [1.29, 1.82) is 0 Å². The second kappa shape index (κ2) is 7.48. The zero-order valence-electron chi connectivity index (χ0n) is 13.8. The Labute approximate surface area is 156 Å². The van der Waals surface area contributed by atoms with Crippen LogP contribution in [0.2, 0.25) is 0 Å². The van der Waals surface area contributed by atoms with Crippen LogP contribution >= 0.6 is 15.9 Å². The number of benzene rings is 1. The number of hydrogen-bond acceptors (Lipinski definition) is 5. The van der Waals surface area contributed by atoms with Crippen molar-refractivity contribution in [2.45, 2.75) is 6.54 Å². The summed E-state index contributed by atoms with van der Waals surface area (Å²) in [6.07, 6.45) is 2.69. The van der Waals surface area contributed by atoms with E-state index in [1.807, 2.05) is 6.07 Å². The summed E-state index contributed by atoms with van der Waals surface area (Å²) in [5.41, 5.74) is 0.685. The molecule has 3 aromatic rings. The van der Waals surface area contributed by atoms with Gasteiger partial charge >= 0.3 is 0 Å². The second-order valence-corrected chi connectivity index (χ2v) is 6.34. The van der Waals surface area contributed by atoms with Crippen molar-refractivity contribution in [2.24, 2.45) is 7.05 Å². The fraction of sp³-hybridized carbons (Fsp3) is 0.188. The van der Waals surface area contributed by atoms with Gasteiger partial charge in [0, 0.05) is 11.5 Å². The monoisotopic (exact) mass is 418 g/mol. The summed E-state index contributed by atoms with van der Waals surface area (Å²) in [7, 11) is 1.68. The van der Waals surface area contributed by atoms with Crippen molar-refractivity contribution in [1.82, 2.24) is 24.6 Å². The molecule has 0 unspecified atom stereocenters. The van der Waals surface area contributed by atoms with Gasteiger partial charge < -0.3 is 10.6 Å². The molecule has 0 spiro atoms. The molecule has 0 aliphatic heterocycles. The van der Waals surface area contributed by atoms with E-state index in [9.17, 15) is 14.4 Å². The van der Waals surface area contributed by atoms with Gasteiger partial charge in [0.15, 0.2) is 5.65 Å². The molecule has 26 heavy (non-hydrogen) atoms. The Morgan fingerprint density at radius 3 is 2.77 bits per heavy atom. The van der Waals surface area contributed by atoms with E-state index < -0.39 is 5.91 Å². The van der Waals surface area contributed by atoms with E-state index in [0.29, 0.717) is 16.7 Å². The predicted octanol–water partition coefficient (Wildman–Crippen LogP) is 0.647. The molecule has 2 aromatic heterocycles. The molecule has 1 aromatic carbocycles. The van der Waals surface area contributed by atoms with Crippen LogP contribution in [0, 0.1) is 0 Å². The molecule has 0 saturated heterocycles. The summed E-state index contributed by atoms with van der Waals surface area (Å²) >= 11 is 3.32. The third kappa shape index (κ3) is 3.80. The van der Waals surface area contributed by atoms with Gasteiger partial charge in [-0.25, -0.2) is 4.98 Å². The van der Waals surface area contributed by atoms with E-state index in [4.69, 9.17) is 0 Å². The Hall–Kier alpha value is -3.01. The van der Waals surface area contributed by atoms with E-state index in [2.05, 4.69) is 36.6 Å². The fourth-order valence-electron chi connectivity index (χ4n) is 2.33. The van der Waals surface area contributed by atoms with Crippen molar-refractivity contribution >= 4 is 44.5 Å². The summed E-state index contributed by atoms with van der Waals surface area (Å²) in [5, 5.41) is 9.45. The summed E-state index contributed by atoms with van der Waals surface area (Å²) < 4.78 is 3.39. The van der Waals surface area contributed by atoms with E-state index in [1.54, 1.807) is 25.2 Å². The molecule has 2 N–H and O–H groups in total. The van der Waals surface area contributed by atoms with Crippen LogP contribution in [0.4, 0.5) is 5.69 Å². The molecule has 134 valence electrons. The normalized spacial score (nSPS) is 10.7. The molecule has 9 nitrogen and oxygen atoms in total. The first-order chi connectivity index (χ1) is 12.5. The van der Waals surface area contributed by atoms with Gasteiger partial charge in [0.1, 0.15) is 18.3 Å². The van der Waals surface area contributed by atoms with Gasteiger partial charge in [-0.2, -0.15) is 5.10 Å². The first-order valence-corrected chi connectivity index (χ1v) is 8.43. The summed E-state index contributed by atoms with van der Waals surface area (Å²) in [6, 6.07) is 7.14. The molecule has 3 rings (SSSR count). The molecule has 0 atom stereocenters. The van der Waals surface area contributed by atoms with Gasteiger partial charge in [0.2, 0.25) is 11.8 Å². The van der Waals surface area contributed by atoms with Crippen LogP contribution in [0.15, 0.2) is 46.1 Å². The van der Waals surface area contributed by atoms with Crippen LogP contribution < -0.4 is 16.2 Å². The van der Waals surface area contributed by atoms with Gasteiger partial charge in [0.05, 0.1) is 18.4 Å². The highest BCUT2D eigenvalue weighted by Crippen LogP contribution is 2.20. The first kappa shape index (κ1) is 17.8. The summed E-state index contributed by atoms with van der Waals surface area (Å²) in [6.45, 7) is -0.448. The van der Waals surface area contributed by atoms with Crippen LogP contribution in [0.5, 0.6) is 0 Å². The second-order valence-electron chi connectivity index (χ2n) is 5.49. The summed E-state index contributed by atoms with van der Waals surface area (Å²) in [5.74, 6) is -0.849. The number of carbonyl (C=O) groups excluding carboxylic acids is 2. The Balaban J connectivity index is 1.59. The maximum absolute atomic E-state index is 12.3. The Bertz CT molecular complexity index is 1040. The molecule has 2 heterocycles. The number of fused-ring (bicyclic) bond motifs is 1. The van der Waals surface area contributed by atoms with Crippen LogP contribution in [-0.2, 0) is 23.2 Å². The highest BCUT2D eigenvalue weighted by Gasteiger charge is 2.12. The van der Waals surface area contributed by atoms with E-state index in [-0.39, 0.29) is 24.6 Å². The highest BCUT2D eigenvalue weighted by molar-refractivity contribution is 9.10. The number of anilines is 1. The van der Waals surface area contributed by atoms with Crippen molar-refractivity contribution in [3.05, 3.63) is 51.6 Å². The number of halogens is 1. The minimum Gasteiger partial charge on any atom is -0.345 e. The van der Waals surface area contributed by atoms with Gasteiger partial charge in [-0.3, -0.25) is 23.6 Å². The number of carbonyl (C=O) groups is 2. The van der Waals surface area contributed by atoms with Crippen molar-refractivity contribution in [3.8, 4) is 0 Å². The van der Waals surface area contributed by atoms with Crippen LogP contribution in [0.1, 0.15) is 0 Å². The predicted molar refractivity (Wildman–Crippen MR) is 98.6 cm³/mol. The zero-order valence-corrected chi connectivity index (χ0v) is 15.4. The number of hydrogen-bond donors (Lipinski definition) is 2. The molecule has 0 saturated carbocycles. The number of aromatic nitrogens is 4. The minimum atomic E-state index is -0.473. The minimum absolute atomic E-state index is 0.211. The molecule has 0 bridgehead atoms. The number of nitrogens with one attached hydrogen (secondary N) is 2. The maximum Gasteiger partial charge on any atom is 0.264 e. The Morgan fingerprint density at radius 2 is 2.00 bits per heavy atom. The molecule has 0 fully saturated rings. The third-order valence-electron chi connectivity index (χ3n) is 3.63. The number of amides is 2. The number of nitrogens with zero attached hydrogens (tertiary/aromatic N) is 4. The average molecular weight is 419 g/mol. The Morgan fingerprint density at radius 1 is 1.23 bits per heavy atom. The smallest absolute Gasteiger partial charge is 0.264 e. The van der Waals surface area contributed by atoms with E-state index in [0.717, 1.165) is 4.47 Å². The number of aryl methyl sites for hydroxylation is 1. The molecule has 0 radical (unpaired) electrons. The molecule has 0 aliphatic rings. The standard InChI is InChI=1S/C16H15BrN6O3/c1-22-15-10(6-20-22)16(26)23(9-19-15)8-14(25)18-7-13(24)21-12-5-3-2-4-11(12)17/h2-6,9H,7-8H2,1H3,(H,18,25)(H,21,24). The van der Waals surface area contributed by atoms with Gasteiger partial charge in [-0.15, -0.1) is 0 Å². The first-order valence-electron chi connectivity index (χ1n) is 7.64. The lowest BCUT2D eigenvalue weighted by atomic mass is 10.3. The summed E-state index contributed by atoms with van der Waals surface area (Å²) in [4.78, 5) is 40.4. The zero-order chi connectivity index (χ0) is 18.7. The van der Waals surface area contributed by atoms with Gasteiger partial charge in [-0.05, 0) is 28.1 Å². The van der Waals surface area contributed by atoms with E-state index in [1.165, 1.54) is 21.8 Å². The lowest BCUT2D eigenvalue weighted by molar-refractivity contribution is -0.124. The van der Waals surface area contributed by atoms with Gasteiger partial charge in [-0.1, -0.05) is 12.1 Å². The van der Waals surface area contributed by atoms with E-state index >= 15 is 0 Å². The number of rotatable bonds is 5. The van der Waals surface area contributed by atoms with Crippen molar-refractivity contribution in [2.75, 3.05) is 11.9 Å². The molecular weight excluding hydrogens is 404 g/mol. The van der Waals surface area contributed by atoms with Gasteiger partial charge in [0.25, 0.3) is 5.56 Å². The quantitative estimate of drug-likeness (QED) is 0.631. The number of para-hydroxylation sites is 1. The molecule has 0 aliphatic carbocycles.